The van der Waals surface area contributed by atoms with E-state index in [1.165, 1.54) is 121 Å². The molecule has 2 aliphatic carbocycles. The van der Waals surface area contributed by atoms with E-state index in [1.807, 2.05) is 83.3 Å². The summed E-state index contributed by atoms with van der Waals surface area (Å²) < 4.78 is 30.9. The Morgan fingerprint density at radius 2 is 0.685 bits per heavy atom. The highest BCUT2D eigenvalue weighted by atomic mass is 31.2. The molecule has 8 heteroatoms. The smallest absolute Gasteiger partial charge is 0.171 e. The lowest BCUT2D eigenvalue weighted by atomic mass is 9.70. The Kier molecular flexibility index (Phi) is 20.5. The van der Waals surface area contributed by atoms with Gasteiger partial charge in [-0.15, -0.1) is 0 Å². The first-order valence-electron chi connectivity index (χ1n) is 41.5. The Morgan fingerprint density at radius 3 is 1.24 bits per heavy atom. The number of rotatable bonds is 8. The Labute approximate surface area is 743 Å². The average Bonchev–Trinajstić information content (AvgIpc) is 1.51. The lowest BCUT2D eigenvalue weighted by Crippen LogP contribution is -2.25. The predicted octanol–water partition coefficient (Wildman–Crippen LogP) is 31.5. The first-order chi connectivity index (χ1) is 59.9. The van der Waals surface area contributed by atoms with Gasteiger partial charge >= 0.3 is 0 Å². The van der Waals surface area contributed by atoms with E-state index in [0.29, 0.717) is 0 Å². The molecule has 0 saturated heterocycles. The lowest BCUT2D eigenvalue weighted by molar-refractivity contribution is 0.592. The summed E-state index contributed by atoms with van der Waals surface area (Å²) in [4.78, 5) is 15.0. The van der Waals surface area contributed by atoms with Gasteiger partial charge in [0, 0.05) is 59.4 Å². The fourth-order valence-electron chi connectivity index (χ4n) is 20.7. The van der Waals surface area contributed by atoms with E-state index in [1.54, 1.807) is 0 Å². The number of hydrogen-bond acceptors (Lipinski definition) is 4. The van der Waals surface area contributed by atoms with Gasteiger partial charge in [-0.25, -0.2) is 15.0 Å². The van der Waals surface area contributed by atoms with E-state index in [2.05, 4.69) is 347 Å². The van der Waals surface area contributed by atoms with E-state index < -0.39 is 7.14 Å². The summed E-state index contributed by atoms with van der Waals surface area (Å²) >= 11 is 0. The fourth-order valence-corrected chi connectivity index (χ4v) is 23.6. The Hall–Kier alpha value is -15.4. The molecule has 1 atom stereocenters. The van der Waals surface area contributed by atoms with Crippen LogP contribution in [0.3, 0.4) is 0 Å². The first kappa shape index (κ1) is 81.3. The number of fused-ring (bicyclic) bond motifs is 22. The van der Waals surface area contributed by atoms with Crippen LogP contribution in [-0.2, 0) is 9.98 Å². The van der Waals surface area contributed by atoms with Crippen molar-refractivity contribution in [2.45, 2.75) is 57.4 Å². The van der Waals surface area contributed by atoms with E-state index >= 15 is 4.57 Å². The fraction of sp³-hybridized carbons (Fsp3) is 0.0672. The summed E-state index contributed by atoms with van der Waals surface area (Å²) in [6.07, 6.45) is 0.280. The van der Waals surface area contributed by atoms with E-state index in [0.717, 1.165) is 110 Å². The largest absolute Gasteiger partial charge is 0.309 e. The zero-order valence-corrected chi connectivity index (χ0v) is 65.7. The van der Waals surface area contributed by atoms with E-state index in [4.69, 9.17) is 11.3 Å². The van der Waals surface area contributed by atoms with Crippen molar-refractivity contribution >= 4 is 137 Å². The highest BCUT2D eigenvalue weighted by Crippen LogP contribution is 2.63. The van der Waals surface area contributed by atoms with Gasteiger partial charge in [0.1, 0.15) is 19.3 Å². The molecule has 1 unspecified atom stereocenters. The van der Waals surface area contributed by atoms with Crippen LogP contribution in [-0.4, -0.2) is 28.2 Å². The number of benzene rings is 19. The molecule has 2 aliphatic rings. The van der Waals surface area contributed by atoms with Crippen LogP contribution in [0.4, 0.5) is 0 Å². The molecule has 127 heavy (non-hydrogen) atoms. The summed E-state index contributed by atoms with van der Waals surface area (Å²) in [5.74, 6) is 1.88. The van der Waals surface area contributed by atoms with Crippen LogP contribution in [0.25, 0.3) is 193 Å². The quantitative estimate of drug-likeness (QED) is 0.112. The van der Waals surface area contributed by atoms with Crippen LogP contribution in [0.2, 0.25) is 0 Å². The maximum absolute atomic E-state index is 15.7. The summed E-state index contributed by atoms with van der Waals surface area (Å²) in [7, 11) is -3.27. The van der Waals surface area contributed by atoms with Crippen molar-refractivity contribution in [3.63, 3.8) is 0 Å². The van der Waals surface area contributed by atoms with Crippen molar-refractivity contribution in [2.24, 2.45) is 0 Å². The van der Waals surface area contributed by atoms with Gasteiger partial charge in [-0.05, 0) is 165 Å². The molecule has 614 valence electrons. The van der Waals surface area contributed by atoms with Crippen molar-refractivity contribution < 1.29 is 5.94 Å². The zero-order chi connectivity index (χ0) is 79.8. The summed E-state index contributed by atoms with van der Waals surface area (Å²) in [5, 5.41) is 16.5. The number of aromatic nitrogens is 6. The third kappa shape index (κ3) is 11.9. The molecule has 19 aromatic carbocycles. The first-order valence-corrected chi connectivity index (χ1v) is 42.7. The van der Waals surface area contributed by atoms with Crippen LogP contribution >= 0.6 is 7.14 Å². The van der Waals surface area contributed by atoms with Crippen LogP contribution < -0.4 is 15.9 Å². The molecule has 0 N–H and O–H groups in total. The van der Waals surface area contributed by atoms with Gasteiger partial charge in [0.25, 0.3) is 0 Å². The van der Waals surface area contributed by atoms with Crippen LogP contribution in [0.5, 0.6) is 0 Å². The zero-order valence-electron chi connectivity index (χ0n) is 65.8. The Balaban J connectivity index is 0.000000127. The van der Waals surface area contributed by atoms with Gasteiger partial charge in [-0.3, -0.25) is 13.2 Å². The second-order valence-corrected chi connectivity index (χ2v) is 34.5. The second-order valence-electron chi connectivity index (χ2n) is 31.8. The summed E-state index contributed by atoms with van der Waals surface area (Å²) in [6.45, 7) is 0. The minimum atomic E-state index is -3.27. The van der Waals surface area contributed by atoms with Crippen molar-refractivity contribution in [1.82, 2.24) is 28.2 Å². The number of imidazole rings is 3. The van der Waals surface area contributed by atoms with E-state index in [9.17, 15) is 0 Å². The van der Waals surface area contributed by atoms with Crippen molar-refractivity contribution in [2.75, 3.05) is 0 Å². The third-order valence-electron chi connectivity index (χ3n) is 25.7. The maximum atomic E-state index is 15.7. The van der Waals surface area contributed by atoms with Crippen LogP contribution in [0.15, 0.2) is 419 Å². The highest BCUT2D eigenvalue weighted by molar-refractivity contribution is 7.85. The minimum absolute atomic E-state index is 0. The Morgan fingerprint density at radius 1 is 0.268 bits per heavy atom. The molecule has 6 heterocycles. The molecule has 0 radical (unpaired) electrons. The molecule has 0 bridgehead atoms. The van der Waals surface area contributed by atoms with E-state index in [-0.39, 0.29) is 63.7 Å². The molecule has 0 saturated carbocycles. The molecule has 7 nitrogen and oxygen atoms in total. The SMILES string of the molecule is C.C.C.C.C.C.C.O=P(c1ccccc1)(c1cc2nc(-c3ccccc3)n3c4ccccc4c(c1)c23)c1cccc2ccccc12.[2H]c1nc2ccc(-c3c4ccccc4c(-c4ccccc4)c4ccccc34)c3c4ccccc4n1c23.c1ccc(-c2nc3cc(-c4ccc5c(c4)C4(c6ccccc6-c6ccccc64)c4ccccc4-5)cc4c5ccccc5n2c34)cc1. The molecule has 0 fully saturated rings. The highest BCUT2D eigenvalue weighted by Gasteiger charge is 2.52. The molecule has 25 aromatic rings. The third-order valence-corrected chi connectivity index (χ3v) is 28.7. The van der Waals surface area contributed by atoms with Gasteiger partial charge in [0.2, 0.25) is 0 Å². The van der Waals surface area contributed by atoms with Crippen molar-refractivity contribution in [3.8, 4) is 78.4 Å². The molecule has 0 aliphatic heterocycles. The topological polar surface area (TPSA) is 69.0 Å². The van der Waals surface area contributed by atoms with Crippen LogP contribution in [0.1, 0.15) is 75.6 Å². The number of nitrogens with zero attached hydrogens (tertiary/aromatic N) is 6. The van der Waals surface area contributed by atoms with Crippen molar-refractivity contribution in [3.05, 3.63) is 441 Å². The average molecular weight is 1660 g/mol. The molecular formula is C119H97N6OP. The monoisotopic (exact) mass is 1660 g/mol. The predicted molar refractivity (Wildman–Crippen MR) is 547 cm³/mol. The maximum Gasteiger partial charge on any atom is 0.171 e. The van der Waals surface area contributed by atoms with Gasteiger partial charge in [-0.2, -0.15) is 0 Å². The second kappa shape index (κ2) is 32.0. The normalized spacial score (nSPS) is 12.6. The van der Waals surface area contributed by atoms with Gasteiger partial charge < -0.3 is 4.57 Å². The summed E-state index contributed by atoms with van der Waals surface area (Å²) in [5.41, 5.74) is 29.2. The minimum Gasteiger partial charge on any atom is -0.309 e. The molecule has 0 amide bonds. The standard InChI is InChI=1S/C44H26N2.C35H23N2OP.C33H20N2.7CH4/c1-2-12-27(13-3-1)43-45-40-26-29(24-35-34-17-7-11-21-41(34)46(43)42(35)40)28-22-23-33-32-16-6-10-20-38(32)44(39(33)25-28)36-18-8-4-14-30(36)31-15-5-9-19-37(31)44;38-39(26-16-5-2-6-17-26,33-21-11-15-24-12-7-8-18-28(24)33)27-22-30-29-19-9-10-20-32(29)37-34(30)31(23-27)36-35(37)25-13-3-1-4-14-25;1-2-10-21(11-3-1)30-22-12-4-6-14-24(22)31(25-15-7-5-13-23(25)30)27-18-19-28-33-32(27)26-16-8-9-17-29(26)35(33)20-34-28;;;;;;;/h1-26H;1-23H;1-20H;7*1H4/i;;20D;;;;;;;. The molecule has 6 aromatic heterocycles. The molecule has 1 spiro atoms. The van der Waals surface area contributed by atoms with Gasteiger partial charge in [-0.1, -0.05) is 410 Å². The van der Waals surface area contributed by atoms with Gasteiger partial charge in [0.15, 0.2) is 7.14 Å². The van der Waals surface area contributed by atoms with Crippen molar-refractivity contribution in [1.29, 1.82) is 0 Å². The lowest BCUT2D eigenvalue weighted by Gasteiger charge is -2.30. The van der Waals surface area contributed by atoms with Crippen LogP contribution in [0, 0.1) is 0 Å². The summed E-state index contributed by atoms with van der Waals surface area (Å²) in [6, 6.07) is 146. The molecule has 27 rings (SSSR count). The molecular weight excluding hydrogens is 1560 g/mol. The Bertz CT molecular complexity index is 8460. The van der Waals surface area contributed by atoms with Gasteiger partial charge in [0.05, 0.1) is 55.1 Å². The number of hydrogen-bond donors (Lipinski definition) is 0. The number of para-hydroxylation sites is 3.